The molecule has 1 aliphatic rings. The molecule has 194 valence electrons. The minimum atomic E-state index is -0.118. The largest absolute Gasteiger partial charge is 0.207 e. The van der Waals surface area contributed by atoms with Gasteiger partial charge in [-0.15, -0.1) is 0 Å². The standard InChI is InChI=1S/C35H47F/c1-9-28(32(10-2)29-15-16-29)20-24(3)13-14-30-23-31(17-18-33(30)36)34-25(4)21-27(22-26(34)5)12-11-19-35(6,7)8/h10,17-18,20-23,29H,3,9,11-16,19H2,1-2,4-8H3/b28-20-,32-10+. The van der Waals surface area contributed by atoms with Crippen LogP contribution in [-0.4, -0.2) is 0 Å². The molecule has 0 heterocycles. The number of hydrogen-bond donors (Lipinski definition) is 0. The molecule has 0 aromatic heterocycles. The second-order valence-corrected chi connectivity index (χ2v) is 12.0. The van der Waals surface area contributed by atoms with Crippen molar-refractivity contribution in [1.82, 2.24) is 0 Å². The van der Waals surface area contributed by atoms with Crippen molar-refractivity contribution in [2.45, 2.75) is 99.8 Å². The molecule has 2 aromatic carbocycles. The molecule has 0 atom stereocenters. The Morgan fingerprint density at radius 3 is 2.28 bits per heavy atom. The highest BCUT2D eigenvalue weighted by Gasteiger charge is 2.26. The van der Waals surface area contributed by atoms with Crippen molar-refractivity contribution in [2.75, 3.05) is 0 Å². The lowest BCUT2D eigenvalue weighted by Crippen LogP contribution is -2.05. The molecule has 1 fully saturated rings. The molecular formula is C35H47F. The Morgan fingerprint density at radius 2 is 1.72 bits per heavy atom. The maximum Gasteiger partial charge on any atom is 0.126 e. The molecule has 0 amide bonds. The van der Waals surface area contributed by atoms with Gasteiger partial charge in [0.15, 0.2) is 0 Å². The molecule has 0 saturated heterocycles. The maximum atomic E-state index is 14.8. The molecule has 0 aliphatic heterocycles. The third kappa shape index (κ3) is 7.79. The lowest BCUT2D eigenvalue weighted by Gasteiger charge is -2.18. The van der Waals surface area contributed by atoms with Crippen LogP contribution in [0.2, 0.25) is 0 Å². The Labute approximate surface area is 220 Å². The summed E-state index contributed by atoms with van der Waals surface area (Å²) in [4.78, 5) is 0. The fraction of sp³-hybridized carbons (Fsp3) is 0.486. The van der Waals surface area contributed by atoms with Crippen LogP contribution in [0.4, 0.5) is 4.39 Å². The Kier molecular flexibility index (Phi) is 9.56. The van der Waals surface area contributed by atoms with Gasteiger partial charge in [0.05, 0.1) is 0 Å². The Morgan fingerprint density at radius 1 is 1.06 bits per heavy atom. The molecule has 0 bridgehead atoms. The van der Waals surface area contributed by atoms with Crippen LogP contribution >= 0.6 is 0 Å². The topological polar surface area (TPSA) is 0 Å². The molecular weight excluding hydrogens is 439 g/mol. The van der Waals surface area contributed by atoms with Crippen LogP contribution in [0.25, 0.3) is 11.1 Å². The average molecular weight is 487 g/mol. The molecule has 1 saturated carbocycles. The van der Waals surface area contributed by atoms with E-state index < -0.39 is 0 Å². The van der Waals surface area contributed by atoms with E-state index >= 15 is 0 Å². The smallest absolute Gasteiger partial charge is 0.126 e. The van der Waals surface area contributed by atoms with E-state index in [0.717, 1.165) is 41.9 Å². The van der Waals surface area contributed by atoms with Gasteiger partial charge in [-0.2, -0.15) is 0 Å². The Hall–Kier alpha value is -2.41. The summed E-state index contributed by atoms with van der Waals surface area (Å²) in [6.45, 7) is 20.0. The van der Waals surface area contributed by atoms with E-state index in [1.165, 1.54) is 59.1 Å². The first-order valence-electron chi connectivity index (χ1n) is 14.0. The summed E-state index contributed by atoms with van der Waals surface area (Å²) in [5.74, 6) is 0.618. The van der Waals surface area contributed by atoms with Gasteiger partial charge in [0.25, 0.3) is 0 Å². The molecule has 0 nitrogen and oxygen atoms in total. The fourth-order valence-corrected chi connectivity index (χ4v) is 5.48. The summed E-state index contributed by atoms with van der Waals surface area (Å²) < 4.78 is 14.8. The first-order valence-corrected chi connectivity index (χ1v) is 14.0. The monoisotopic (exact) mass is 486 g/mol. The number of halogens is 1. The van der Waals surface area contributed by atoms with Crippen molar-refractivity contribution in [3.63, 3.8) is 0 Å². The number of aryl methyl sites for hydroxylation is 4. The Balaban J connectivity index is 1.74. The molecule has 0 N–H and O–H groups in total. The quantitative estimate of drug-likeness (QED) is 0.277. The molecule has 0 radical (unpaired) electrons. The van der Waals surface area contributed by atoms with Gasteiger partial charge in [-0.3, -0.25) is 0 Å². The summed E-state index contributed by atoms with van der Waals surface area (Å²) in [6.07, 6.45) is 13.1. The van der Waals surface area contributed by atoms with Gasteiger partial charge >= 0.3 is 0 Å². The van der Waals surface area contributed by atoms with Crippen LogP contribution in [-0.2, 0) is 12.8 Å². The van der Waals surface area contributed by atoms with Gasteiger partial charge in [-0.1, -0.05) is 70.2 Å². The van der Waals surface area contributed by atoms with Crippen molar-refractivity contribution in [1.29, 1.82) is 0 Å². The molecule has 36 heavy (non-hydrogen) atoms. The van der Waals surface area contributed by atoms with Gasteiger partial charge in [0, 0.05) is 0 Å². The van der Waals surface area contributed by atoms with E-state index in [-0.39, 0.29) is 5.82 Å². The van der Waals surface area contributed by atoms with E-state index in [9.17, 15) is 4.39 Å². The summed E-state index contributed by atoms with van der Waals surface area (Å²) in [7, 11) is 0. The number of benzene rings is 2. The zero-order valence-corrected chi connectivity index (χ0v) is 23.9. The van der Waals surface area contributed by atoms with E-state index in [4.69, 9.17) is 0 Å². The van der Waals surface area contributed by atoms with Gasteiger partial charge in [0.1, 0.15) is 5.82 Å². The van der Waals surface area contributed by atoms with Crippen molar-refractivity contribution in [3.8, 4) is 11.1 Å². The zero-order chi connectivity index (χ0) is 26.5. The first-order chi connectivity index (χ1) is 17.0. The molecule has 2 aromatic rings. The van der Waals surface area contributed by atoms with Crippen molar-refractivity contribution in [3.05, 3.63) is 93.9 Å². The third-order valence-electron chi connectivity index (χ3n) is 7.49. The Bertz CT molecular complexity index is 1110. The van der Waals surface area contributed by atoms with Crippen molar-refractivity contribution < 1.29 is 4.39 Å². The van der Waals surface area contributed by atoms with Crippen molar-refractivity contribution >= 4 is 0 Å². The van der Waals surface area contributed by atoms with Gasteiger partial charge in [-0.25, -0.2) is 4.39 Å². The molecule has 3 rings (SSSR count). The zero-order valence-electron chi connectivity index (χ0n) is 23.9. The second-order valence-electron chi connectivity index (χ2n) is 12.0. The van der Waals surface area contributed by atoms with E-state index in [2.05, 4.69) is 85.4 Å². The summed E-state index contributed by atoms with van der Waals surface area (Å²) >= 11 is 0. The van der Waals surface area contributed by atoms with Crippen LogP contribution in [0.3, 0.4) is 0 Å². The van der Waals surface area contributed by atoms with Crippen LogP contribution in [0.1, 0.15) is 95.4 Å². The van der Waals surface area contributed by atoms with Gasteiger partial charge < -0.3 is 0 Å². The predicted octanol–water partition coefficient (Wildman–Crippen LogP) is 10.7. The highest BCUT2D eigenvalue weighted by molar-refractivity contribution is 5.72. The van der Waals surface area contributed by atoms with E-state index in [1.807, 2.05) is 6.07 Å². The number of hydrogen-bond acceptors (Lipinski definition) is 0. The van der Waals surface area contributed by atoms with Crippen LogP contribution in [0.5, 0.6) is 0 Å². The summed E-state index contributed by atoms with van der Waals surface area (Å²) in [5.41, 5.74) is 11.4. The third-order valence-corrected chi connectivity index (χ3v) is 7.49. The van der Waals surface area contributed by atoms with Crippen LogP contribution < -0.4 is 0 Å². The van der Waals surface area contributed by atoms with Crippen LogP contribution in [0.15, 0.2) is 65.8 Å². The van der Waals surface area contributed by atoms with E-state index in [0.29, 0.717) is 11.8 Å². The fourth-order valence-electron chi connectivity index (χ4n) is 5.48. The second kappa shape index (κ2) is 12.2. The summed E-state index contributed by atoms with van der Waals surface area (Å²) in [5, 5.41) is 0. The average Bonchev–Trinajstić information content (AvgIpc) is 3.63. The predicted molar refractivity (Wildman–Crippen MR) is 156 cm³/mol. The molecule has 1 heteroatoms. The number of rotatable bonds is 11. The van der Waals surface area contributed by atoms with Crippen LogP contribution in [0, 0.1) is 31.0 Å². The lowest BCUT2D eigenvalue weighted by molar-refractivity contribution is 0.365. The molecule has 0 unspecified atom stereocenters. The number of allylic oxidation sites excluding steroid dienone is 5. The van der Waals surface area contributed by atoms with Gasteiger partial charge in [-0.05, 0) is 140 Å². The minimum Gasteiger partial charge on any atom is -0.207 e. The lowest BCUT2D eigenvalue weighted by atomic mass is 9.87. The highest BCUT2D eigenvalue weighted by Crippen LogP contribution is 2.41. The molecule has 1 aliphatic carbocycles. The van der Waals surface area contributed by atoms with E-state index in [1.54, 1.807) is 6.07 Å². The SMILES string of the molecule is C=C(/C=C(CC)\C(=C/C)C1CC1)CCc1cc(-c2c(C)cc(CCCC(C)(C)C)cc2C)ccc1F. The van der Waals surface area contributed by atoms with Crippen molar-refractivity contribution in [2.24, 2.45) is 11.3 Å². The first kappa shape index (κ1) is 28.2. The van der Waals surface area contributed by atoms with Gasteiger partial charge in [0.2, 0.25) is 0 Å². The maximum absolute atomic E-state index is 14.8. The highest BCUT2D eigenvalue weighted by atomic mass is 19.1. The summed E-state index contributed by atoms with van der Waals surface area (Å²) in [6, 6.07) is 10.3. The normalized spacial score (nSPS) is 14.9. The molecule has 0 spiro atoms. The minimum absolute atomic E-state index is 0.118.